The molecule has 1 saturated carbocycles. The number of pyridine rings is 1. The van der Waals surface area contributed by atoms with E-state index >= 15 is 0 Å². The predicted molar refractivity (Wildman–Crippen MR) is 81.5 cm³/mol. The number of nitrogens with one attached hydrogen (secondary N) is 2. The van der Waals surface area contributed by atoms with Crippen LogP contribution in [0, 0.1) is 5.41 Å². The molecular formula is C14H19BrN4O. The largest absolute Gasteiger partial charge is 0.309 e. The predicted octanol–water partition coefficient (Wildman–Crippen LogP) is 1.46. The van der Waals surface area contributed by atoms with Crippen molar-refractivity contribution in [2.45, 2.75) is 24.9 Å². The Bertz CT molecular complexity index is 536. The van der Waals surface area contributed by atoms with E-state index in [1.807, 2.05) is 12.1 Å². The van der Waals surface area contributed by atoms with Crippen molar-refractivity contribution in [2.24, 2.45) is 5.41 Å². The van der Waals surface area contributed by atoms with Crippen LogP contribution in [0.2, 0.25) is 0 Å². The zero-order valence-electron chi connectivity index (χ0n) is 11.7. The number of amides is 1. The number of aromatic nitrogens is 1. The first-order valence-electron chi connectivity index (χ1n) is 6.83. The molecule has 3 atom stereocenters. The molecule has 1 amide bonds. The van der Waals surface area contributed by atoms with Crippen LogP contribution in [0.15, 0.2) is 22.8 Å². The van der Waals surface area contributed by atoms with Crippen molar-refractivity contribution in [1.29, 1.82) is 0 Å². The Morgan fingerprint density at radius 2 is 2.35 bits per heavy atom. The lowest BCUT2D eigenvalue weighted by Gasteiger charge is -2.19. The van der Waals surface area contributed by atoms with E-state index in [-0.39, 0.29) is 11.9 Å². The van der Waals surface area contributed by atoms with Crippen molar-refractivity contribution in [3.8, 4) is 0 Å². The van der Waals surface area contributed by atoms with Gasteiger partial charge in [0.05, 0.1) is 6.04 Å². The molecule has 2 N–H and O–H groups in total. The molecule has 2 fully saturated rings. The normalized spacial score (nSPS) is 31.2. The lowest BCUT2D eigenvalue weighted by molar-refractivity contribution is -0.118. The second-order valence-electron chi connectivity index (χ2n) is 6.12. The van der Waals surface area contributed by atoms with Crippen LogP contribution in [-0.4, -0.2) is 48.5 Å². The summed E-state index contributed by atoms with van der Waals surface area (Å²) in [6.45, 7) is 1.05. The second-order valence-corrected chi connectivity index (χ2v) is 6.93. The summed E-state index contributed by atoms with van der Waals surface area (Å²) in [6, 6.07) is 5.89. The lowest BCUT2D eigenvalue weighted by atomic mass is 9.99. The number of rotatable bonds is 4. The molecule has 3 rings (SSSR count). The summed E-state index contributed by atoms with van der Waals surface area (Å²) in [7, 11) is 4.17. The summed E-state index contributed by atoms with van der Waals surface area (Å²) in [4.78, 5) is 18.7. The van der Waals surface area contributed by atoms with Gasteiger partial charge in [0.25, 0.3) is 0 Å². The fourth-order valence-electron chi connectivity index (χ4n) is 3.25. The molecule has 20 heavy (non-hydrogen) atoms. The van der Waals surface area contributed by atoms with Gasteiger partial charge in [-0.05, 0) is 55.0 Å². The molecule has 1 aromatic heterocycles. The summed E-state index contributed by atoms with van der Waals surface area (Å²) in [5.41, 5.74) is 0.302. The maximum Gasteiger partial charge on any atom is 0.242 e. The summed E-state index contributed by atoms with van der Waals surface area (Å²) in [5, 5.41) is 6.31. The molecule has 0 bridgehead atoms. The fourth-order valence-corrected chi connectivity index (χ4v) is 3.59. The third kappa shape index (κ3) is 2.73. The molecular weight excluding hydrogens is 320 g/mol. The van der Waals surface area contributed by atoms with Gasteiger partial charge in [0, 0.05) is 18.0 Å². The Balaban J connectivity index is 1.60. The highest BCUT2D eigenvalue weighted by molar-refractivity contribution is 9.10. The SMILES string of the molecule is CN(C)CC12CC(C(=O)Nc3cccc(Br)n3)NC1C2. The van der Waals surface area contributed by atoms with E-state index in [2.05, 4.69) is 50.5 Å². The van der Waals surface area contributed by atoms with Crippen LogP contribution in [-0.2, 0) is 4.79 Å². The van der Waals surface area contributed by atoms with E-state index < -0.39 is 0 Å². The topological polar surface area (TPSA) is 57.3 Å². The highest BCUT2D eigenvalue weighted by Crippen LogP contribution is 2.54. The van der Waals surface area contributed by atoms with Gasteiger partial charge in [0.2, 0.25) is 5.91 Å². The van der Waals surface area contributed by atoms with E-state index in [9.17, 15) is 4.79 Å². The lowest BCUT2D eigenvalue weighted by Crippen LogP contribution is -2.38. The zero-order chi connectivity index (χ0) is 14.3. The van der Waals surface area contributed by atoms with Crippen LogP contribution in [0.4, 0.5) is 5.82 Å². The van der Waals surface area contributed by atoms with Crippen molar-refractivity contribution in [1.82, 2.24) is 15.2 Å². The average molecular weight is 339 g/mol. The number of nitrogens with zero attached hydrogens (tertiary/aromatic N) is 2. The average Bonchev–Trinajstić information content (AvgIpc) is 2.88. The Kier molecular flexibility index (Phi) is 3.56. The minimum Gasteiger partial charge on any atom is -0.309 e. The van der Waals surface area contributed by atoms with Gasteiger partial charge in [-0.15, -0.1) is 0 Å². The Hall–Kier alpha value is -0.980. The van der Waals surface area contributed by atoms with E-state index in [0.717, 1.165) is 17.6 Å². The van der Waals surface area contributed by atoms with Crippen LogP contribution in [0.1, 0.15) is 12.8 Å². The highest BCUT2D eigenvalue weighted by atomic mass is 79.9. The number of hydrogen-bond acceptors (Lipinski definition) is 4. The molecule has 1 aliphatic carbocycles. The first-order valence-corrected chi connectivity index (χ1v) is 7.62. The van der Waals surface area contributed by atoms with Gasteiger partial charge in [0.1, 0.15) is 10.4 Å². The molecule has 0 radical (unpaired) electrons. The number of carbonyl (C=O) groups excluding carboxylic acids is 1. The summed E-state index contributed by atoms with van der Waals surface area (Å²) in [5.74, 6) is 0.606. The third-order valence-corrected chi connectivity index (χ3v) is 4.56. The molecule has 1 aliphatic heterocycles. The van der Waals surface area contributed by atoms with Gasteiger partial charge >= 0.3 is 0 Å². The van der Waals surface area contributed by atoms with Crippen LogP contribution < -0.4 is 10.6 Å². The van der Waals surface area contributed by atoms with Crippen LogP contribution in [0.5, 0.6) is 0 Å². The highest BCUT2D eigenvalue weighted by Gasteiger charge is 2.61. The zero-order valence-corrected chi connectivity index (χ0v) is 13.3. The summed E-state index contributed by atoms with van der Waals surface area (Å²) in [6.07, 6.45) is 2.10. The number of hydrogen-bond donors (Lipinski definition) is 2. The van der Waals surface area contributed by atoms with Crippen LogP contribution in [0.25, 0.3) is 0 Å². The second kappa shape index (κ2) is 5.09. The third-order valence-electron chi connectivity index (χ3n) is 4.12. The molecule has 2 aliphatic rings. The Morgan fingerprint density at radius 3 is 3.05 bits per heavy atom. The van der Waals surface area contributed by atoms with Gasteiger partial charge in [-0.25, -0.2) is 4.98 Å². The first-order chi connectivity index (χ1) is 9.48. The van der Waals surface area contributed by atoms with E-state index in [4.69, 9.17) is 0 Å². The van der Waals surface area contributed by atoms with Gasteiger partial charge in [0.15, 0.2) is 0 Å². The van der Waals surface area contributed by atoms with Gasteiger partial charge in [-0.2, -0.15) is 0 Å². The molecule has 2 heterocycles. The fraction of sp³-hybridized carbons (Fsp3) is 0.571. The quantitative estimate of drug-likeness (QED) is 0.816. The van der Waals surface area contributed by atoms with Crippen molar-refractivity contribution in [3.63, 3.8) is 0 Å². The molecule has 3 unspecified atom stereocenters. The molecule has 5 nitrogen and oxygen atoms in total. The van der Waals surface area contributed by atoms with Crippen LogP contribution >= 0.6 is 15.9 Å². The molecule has 1 aromatic rings. The van der Waals surface area contributed by atoms with Crippen molar-refractivity contribution in [3.05, 3.63) is 22.8 Å². The van der Waals surface area contributed by atoms with Gasteiger partial charge < -0.3 is 15.5 Å². The minimum absolute atomic E-state index is 0.0148. The maximum atomic E-state index is 12.3. The van der Waals surface area contributed by atoms with Gasteiger partial charge in [-0.3, -0.25) is 4.79 Å². The molecule has 0 aromatic carbocycles. The molecule has 108 valence electrons. The maximum absolute atomic E-state index is 12.3. The molecule has 0 spiro atoms. The minimum atomic E-state index is -0.102. The number of carbonyl (C=O) groups is 1. The standard InChI is InChI=1S/C14H19BrN4O/c1-19(2)8-14-6-9(16-10(14)7-14)13(20)18-12-5-3-4-11(15)17-12/h3-5,9-10,16H,6-8H2,1-2H3,(H,17,18,20). The van der Waals surface area contributed by atoms with Crippen LogP contribution in [0.3, 0.4) is 0 Å². The number of anilines is 1. The molecule has 6 heteroatoms. The first kappa shape index (κ1) is 14.0. The monoisotopic (exact) mass is 338 g/mol. The van der Waals surface area contributed by atoms with E-state index in [0.29, 0.717) is 17.3 Å². The van der Waals surface area contributed by atoms with E-state index in [1.165, 1.54) is 6.42 Å². The van der Waals surface area contributed by atoms with Crippen molar-refractivity contribution >= 4 is 27.7 Å². The van der Waals surface area contributed by atoms with Crippen molar-refractivity contribution < 1.29 is 4.79 Å². The van der Waals surface area contributed by atoms with Gasteiger partial charge in [-0.1, -0.05) is 6.07 Å². The molecule has 1 saturated heterocycles. The Morgan fingerprint density at radius 1 is 1.55 bits per heavy atom. The van der Waals surface area contributed by atoms with E-state index in [1.54, 1.807) is 6.07 Å². The van der Waals surface area contributed by atoms with Crippen molar-refractivity contribution in [2.75, 3.05) is 26.0 Å². The Labute approximate surface area is 127 Å². The summed E-state index contributed by atoms with van der Waals surface area (Å²) >= 11 is 3.30. The number of halogens is 1. The summed E-state index contributed by atoms with van der Waals surface area (Å²) < 4.78 is 0.724. The number of fused-ring (bicyclic) bond motifs is 1. The number of piperidine rings is 1. The smallest absolute Gasteiger partial charge is 0.242 e.